The van der Waals surface area contributed by atoms with Gasteiger partial charge in [-0.2, -0.15) is 11.8 Å². The molecule has 16 nitrogen and oxygen atoms in total. The van der Waals surface area contributed by atoms with Crippen LogP contribution in [-0.4, -0.2) is 124 Å². The van der Waals surface area contributed by atoms with Gasteiger partial charge in [-0.15, -0.1) is 12.4 Å². The van der Waals surface area contributed by atoms with E-state index in [2.05, 4.69) is 26.3 Å². The van der Waals surface area contributed by atoms with E-state index in [1.165, 1.54) is 21.6 Å². The summed E-state index contributed by atoms with van der Waals surface area (Å²) in [5, 5.41) is 11.7. The minimum Gasteiger partial charge on any atom is -0.368 e. The van der Waals surface area contributed by atoms with Gasteiger partial charge in [0.25, 0.3) is 0 Å². The molecule has 18 heteroatoms. The quantitative estimate of drug-likeness (QED) is 0.107. The molecule has 0 bridgehead atoms. The number of para-hydroxylation sites is 1. The molecule has 2 aliphatic rings. The molecule has 2 fully saturated rings. The first-order chi connectivity index (χ1) is 26.6. The summed E-state index contributed by atoms with van der Waals surface area (Å²) in [4.78, 5) is 99.5. The number of carbonyl (C=O) groups is 7. The van der Waals surface area contributed by atoms with E-state index in [1.807, 2.05) is 58.2 Å². The fourth-order valence-corrected chi connectivity index (χ4v) is 7.76. The van der Waals surface area contributed by atoms with E-state index in [1.54, 1.807) is 6.20 Å². The number of rotatable bonds is 19. The van der Waals surface area contributed by atoms with E-state index < -0.39 is 72.3 Å². The Labute approximate surface area is 344 Å². The Morgan fingerprint density at radius 2 is 1.54 bits per heavy atom. The van der Waals surface area contributed by atoms with Gasteiger partial charge in [0.1, 0.15) is 30.2 Å². The third-order valence-corrected chi connectivity index (χ3v) is 11.1. The van der Waals surface area contributed by atoms with Crippen molar-refractivity contribution in [3.8, 4) is 0 Å². The van der Waals surface area contributed by atoms with Gasteiger partial charge in [0.05, 0.1) is 12.6 Å². The SMILES string of the molecule is CSCC[C@H](NC(=O)[C@H](Cc1c[nH]c2ccccc12)NC(=O)CNC(=O)[C@H](CC(C)C)NC(=O)[C@@H]1CCCN1C(=O)[C@@H]1CCCN1C(=O)[C@@H](N)C(C)C)C(N)=O.Cl. The number of likely N-dealkylation sites (tertiary alicyclic amines) is 2. The zero-order valence-corrected chi connectivity index (χ0v) is 35.1. The van der Waals surface area contributed by atoms with E-state index in [0.717, 1.165) is 16.5 Å². The lowest BCUT2D eigenvalue weighted by atomic mass is 10.0. The number of thioether (sulfide) groups is 1. The van der Waals surface area contributed by atoms with Crippen molar-refractivity contribution in [3.05, 3.63) is 36.0 Å². The molecule has 7 amide bonds. The van der Waals surface area contributed by atoms with Gasteiger partial charge >= 0.3 is 0 Å². The van der Waals surface area contributed by atoms with Gasteiger partial charge in [-0.3, -0.25) is 33.6 Å². The second-order valence-electron chi connectivity index (χ2n) is 15.5. The number of hydrogen-bond acceptors (Lipinski definition) is 9. The van der Waals surface area contributed by atoms with Crippen LogP contribution in [0.3, 0.4) is 0 Å². The molecule has 2 aromatic rings. The third kappa shape index (κ3) is 12.6. The van der Waals surface area contributed by atoms with Crippen LogP contribution < -0.4 is 32.7 Å². The van der Waals surface area contributed by atoms with Crippen molar-refractivity contribution in [1.29, 1.82) is 0 Å². The van der Waals surface area contributed by atoms with Gasteiger partial charge in [0.15, 0.2) is 0 Å². The summed E-state index contributed by atoms with van der Waals surface area (Å²) in [5.41, 5.74) is 13.3. The van der Waals surface area contributed by atoms with Gasteiger partial charge in [-0.1, -0.05) is 45.9 Å². The highest BCUT2D eigenvalue weighted by atomic mass is 35.5. The van der Waals surface area contributed by atoms with Crippen LogP contribution in [0, 0.1) is 11.8 Å². The molecule has 0 spiro atoms. The third-order valence-electron chi connectivity index (χ3n) is 10.4. The maximum atomic E-state index is 13.8. The van der Waals surface area contributed by atoms with Crippen molar-refractivity contribution < 1.29 is 33.6 Å². The number of carbonyl (C=O) groups excluding carboxylic acids is 7. The Kier molecular flexibility index (Phi) is 18.1. The number of nitrogens with zero attached hydrogens (tertiary/aromatic N) is 2. The molecule has 0 saturated carbocycles. The monoisotopic (exact) mass is 833 g/mol. The Morgan fingerprint density at radius 1 is 0.877 bits per heavy atom. The minimum absolute atomic E-state index is 0. The summed E-state index contributed by atoms with van der Waals surface area (Å²) in [6.45, 7) is 7.76. The molecule has 0 aliphatic carbocycles. The van der Waals surface area contributed by atoms with E-state index in [-0.39, 0.29) is 48.9 Å². The van der Waals surface area contributed by atoms with Gasteiger partial charge in [-0.05, 0) is 74.0 Å². The average molecular weight is 834 g/mol. The Bertz CT molecular complexity index is 1740. The number of H-pyrrole nitrogens is 1. The number of primary amides is 1. The smallest absolute Gasteiger partial charge is 0.246 e. The van der Waals surface area contributed by atoms with Crippen molar-refractivity contribution in [2.45, 2.75) is 109 Å². The molecule has 1 aromatic carbocycles. The van der Waals surface area contributed by atoms with Crippen LogP contribution in [0.5, 0.6) is 0 Å². The number of amides is 7. The van der Waals surface area contributed by atoms with E-state index in [9.17, 15) is 33.6 Å². The number of aromatic nitrogens is 1. The maximum absolute atomic E-state index is 13.8. The molecule has 0 radical (unpaired) electrons. The van der Waals surface area contributed by atoms with E-state index >= 15 is 0 Å². The summed E-state index contributed by atoms with van der Waals surface area (Å²) in [6.07, 6.45) is 6.40. The molecule has 2 aliphatic heterocycles. The molecule has 316 valence electrons. The normalized spacial score (nSPS) is 18.7. The standard InChI is InChI=1S/C39H59N9O7S.ClH/c1-22(2)18-28(46-37(53)30-12-8-15-47(30)38(54)31-13-9-16-48(31)39(55)33(40)23(3)4)35(51)43-21-32(49)44-29(36(52)45-27(34(41)50)14-17-56-5)19-24-20-42-26-11-7-6-10-25(24)26;/h6-7,10-11,20,22-23,27-31,33,42H,8-9,12-19,21,40H2,1-5H3,(H2,41,50)(H,43,51)(H,44,49)(H,45,52)(H,46,53);1H/t27-,28-,29-,30-,31-,33-;/m0./s1. The number of nitrogens with two attached hydrogens (primary N) is 2. The largest absolute Gasteiger partial charge is 0.368 e. The van der Waals surface area contributed by atoms with Crippen LogP contribution >= 0.6 is 24.2 Å². The predicted octanol–water partition coefficient (Wildman–Crippen LogP) is 0.953. The zero-order chi connectivity index (χ0) is 41.1. The maximum Gasteiger partial charge on any atom is 0.246 e. The second-order valence-corrected chi connectivity index (χ2v) is 16.5. The van der Waals surface area contributed by atoms with Crippen LogP contribution in [0.25, 0.3) is 10.9 Å². The van der Waals surface area contributed by atoms with Gasteiger partial charge < -0.3 is 47.5 Å². The summed E-state index contributed by atoms with van der Waals surface area (Å²) in [6, 6.07) is 2.19. The van der Waals surface area contributed by atoms with Gasteiger partial charge in [-0.25, -0.2) is 0 Å². The highest BCUT2D eigenvalue weighted by Crippen LogP contribution is 2.26. The van der Waals surface area contributed by atoms with Crippen LogP contribution in [0.4, 0.5) is 0 Å². The summed E-state index contributed by atoms with van der Waals surface area (Å²) in [5.74, 6) is -3.16. The molecule has 4 rings (SSSR count). The van der Waals surface area contributed by atoms with Crippen LogP contribution in [0.2, 0.25) is 0 Å². The number of benzene rings is 1. The van der Waals surface area contributed by atoms with Crippen molar-refractivity contribution in [2.24, 2.45) is 23.3 Å². The van der Waals surface area contributed by atoms with E-state index in [4.69, 9.17) is 11.5 Å². The zero-order valence-electron chi connectivity index (χ0n) is 33.5. The van der Waals surface area contributed by atoms with Crippen molar-refractivity contribution in [2.75, 3.05) is 31.6 Å². The molecule has 1 aromatic heterocycles. The molecule has 3 heterocycles. The molecule has 2 saturated heterocycles. The lowest BCUT2D eigenvalue weighted by Crippen LogP contribution is -2.58. The molecular formula is C39H60ClN9O7S. The first-order valence-corrected chi connectivity index (χ1v) is 20.9. The fraction of sp³-hybridized carbons (Fsp3) is 0.615. The Morgan fingerprint density at radius 3 is 2.19 bits per heavy atom. The summed E-state index contributed by atoms with van der Waals surface area (Å²) >= 11 is 1.50. The summed E-state index contributed by atoms with van der Waals surface area (Å²) in [7, 11) is 0. The topological polar surface area (TPSA) is 242 Å². The Balaban J connectivity index is 0.00000870. The average Bonchev–Trinajstić information content (AvgIpc) is 3.94. The molecular weight excluding hydrogens is 774 g/mol. The number of fused-ring (bicyclic) bond motifs is 1. The lowest BCUT2D eigenvalue weighted by molar-refractivity contribution is -0.147. The van der Waals surface area contributed by atoms with Crippen LogP contribution in [0.1, 0.15) is 71.8 Å². The molecule has 0 unspecified atom stereocenters. The van der Waals surface area contributed by atoms with Crippen molar-refractivity contribution in [3.63, 3.8) is 0 Å². The molecule has 6 atom stereocenters. The van der Waals surface area contributed by atoms with Gasteiger partial charge in [0.2, 0.25) is 41.4 Å². The van der Waals surface area contributed by atoms with Crippen LogP contribution in [0.15, 0.2) is 30.5 Å². The number of halogens is 1. The molecule has 9 N–H and O–H groups in total. The number of aromatic amines is 1. The first kappa shape index (κ1) is 47.0. The highest BCUT2D eigenvalue weighted by molar-refractivity contribution is 7.98. The molecule has 57 heavy (non-hydrogen) atoms. The lowest BCUT2D eigenvalue weighted by Gasteiger charge is -2.33. The number of nitrogens with one attached hydrogen (secondary N) is 5. The van der Waals surface area contributed by atoms with Crippen molar-refractivity contribution in [1.82, 2.24) is 36.1 Å². The van der Waals surface area contributed by atoms with E-state index in [0.29, 0.717) is 50.9 Å². The number of hydrogen-bond donors (Lipinski definition) is 7. The highest BCUT2D eigenvalue weighted by Gasteiger charge is 2.43. The minimum atomic E-state index is -1.11. The summed E-state index contributed by atoms with van der Waals surface area (Å²) < 4.78 is 0. The van der Waals surface area contributed by atoms with Crippen LogP contribution in [-0.2, 0) is 40.0 Å². The van der Waals surface area contributed by atoms with Gasteiger partial charge in [0, 0.05) is 36.6 Å². The van der Waals surface area contributed by atoms with Crippen molar-refractivity contribution >= 4 is 76.4 Å². The first-order valence-electron chi connectivity index (χ1n) is 19.5. The predicted molar refractivity (Wildman–Crippen MR) is 222 cm³/mol. The Hall–Kier alpha value is -4.35. The fourth-order valence-electron chi connectivity index (χ4n) is 7.29. The second kappa shape index (κ2) is 22.0.